The quantitative estimate of drug-likeness (QED) is 0.204. The summed E-state index contributed by atoms with van der Waals surface area (Å²) in [5, 5.41) is 0. The van der Waals surface area contributed by atoms with Crippen LogP contribution in [0.1, 0.15) is 0 Å². The van der Waals surface area contributed by atoms with E-state index in [2.05, 4.69) is 0 Å². The van der Waals surface area contributed by atoms with Crippen LogP contribution in [0.15, 0.2) is 0 Å². The van der Waals surface area contributed by atoms with Gasteiger partial charge < -0.3 is 383 Å². The number of hydrogen-bond donors (Lipinski definition) is 0. The van der Waals surface area contributed by atoms with E-state index in [4.69, 9.17) is 0 Å². The Bertz CT molecular complexity index is 129. The first-order valence-corrected chi connectivity index (χ1v) is 0. The van der Waals surface area contributed by atoms with Crippen molar-refractivity contribution in [1.29, 1.82) is 0 Å². The Hall–Kier alpha value is 28.4. The van der Waals surface area contributed by atoms with E-state index in [9.17, 15) is 0 Å². The van der Waals surface area contributed by atoms with Gasteiger partial charge in [0.1, 0.15) is 0 Å². The van der Waals surface area contributed by atoms with Crippen LogP contribution >= 0.6 is 0 Å². The number of rotatable bonds is 0. The van der Waals surface area contributed by atoms with Gasteiger partial charge in [0.05, 0.1) is 0 Å². The molecule has 0 amide bonds. The molecule has 60 radical (unpaired) electrons. The second-order valence-corrected chi connectivity index (χ2v) is 0. The molecular formula is Cu60O70-20. The molecule has 0 aliphatic heterocycles. The Morgan fingerprint density at radius 1 is 0.0154 bits per heavy atom. The molecule has 0 N–H and O–H groups in total. The Morgan fingerprint density at radius 3 is 0.0154 bits per heavy atom. The molecular weight excluding hydrogens is 4930 g/mol. The van der Waals surface area contributed by atoms with E-state index in [1.807, 2.05) is 0 Å². The van der Waals surface area contributed by atoms with Gasteiger partial charge in [-0.05, 0) is 0 Å². The molecule has 0 atom stereocenters. The van der Waals surface area contributed by atoms with Crippen molar-refractivity contribution in [3.05, 3.63) is 0 Å². The Kier molecular flexibility index (Phi) is 179000. The van der Waals surface area contributed by atoms with Crippen LogP contribution in [0.25, 0.3) is 0 Å². The minimum atomic E-state index is 0. The predicted octanol–water partition coefficient (Wildman–Crippen LogP) is -8.47. The van der Waals surface area contributed by atoms with E-state index in [-0.39, 0.29) is 1410 Å². The smallest absolute Gasteiger partial charge is 2.00 e. The first-order valence-electron chi connectivity index (χ1n) is 0. The summed E-state index contributed by atoms with van der Waals surface area (Å²) in [5.74, 6) is 0. The minimum absolute atomic E-state index is 0. The van der Waals surface area contributed by atoms with Crippen molar-refractivity contribution in [3.8, 4) is 0 Å². The average Bonchev–Trinajstić information content (AvgIpc) is 0. The van der Waals surface area contributed by atoms with Crippen LogP contribution in [0.2, 0.25) is 0 Å². The Labute approximate surface area is 1380 Å². The van der Waals surface area contributed by atoms with Gasteiger partial charge in [0.2, 0.25) is 0 Å². The van der Waals surface area contributed by atoms with Crippen molar-refractivity contribution in [2.45, 2.75) is 0 Å². The van der Waals surface area contributed by atoms with E-state index >= 15 is 0 Å². The van der Waals surface area contributed by atoms with Crippen LogP contribution in [0.5, 0.6) is 0 Å². The van der Waals surface area contributed by atoms with E-state index in [1.165, 1.54) is 0 Å². The van der Waals surface area contributed by atoms with Gasteiger partial charge >= 0.3 is 1020 Å². The topological polar surface area (TPSA) is 2000 Å². The number of hydrogen-bond acceptors (Lipinski definition) is 0. The molecule has 130 heavy (non-hydrogen) atoms. The zero-order valence-corrected chi connectivity index (χ0v) is 103. The fourth-order valence-corrected chi connectivity index (χ4v) is 0. The van der Waals surface area contributed by atoms with Gasteiger partial charge in [-0.2, -0.15) is 0 Å². The van der Waals surface area contributed by atoms with E-state index in [0.29, 0.717) is 0 Å². The molecule has 0 spiro atoms. The molecule has 0 aliphatic rings. The molecule has 0 heterocycles. The summed E-state index contributed by atoms with van der Waals surface area (Å²) in [6.07, 6.45) is 0. The van der Waals surface area contributed by atoms with Gasteiger partial charge in [-0.15, -0.1) is 0 Å². The monoisotopic (exact) mass is 4900 g/mol. The molecule has 0 aromatic carbocycles. The van der Waals surface area contributed by atoms with Gasteiger partial charge in [0, 0.05) is 0 Å². The molecule has 1100 valence electrons. The summed E-state index contributed by atoms with van der Waals surface area (Å²) in [7, 11) is 0. The van der Waals surface area contributed by atoms with Crippen LogP contribution < -0.4 is 0 Å². The second-order valence-electron chi connectivity index (χ2n) is 0. The standard InChI is InChI=1S/60Cu.70O/q60*+2;70*-2. The molecule has 0 aromatic rings. The Balaban J connectivity index is 0. The van der Waals surface area contributed by atoms with E-state index in [1.54, 1.807) is 0 Å². The predicted molar refractivity (Wildman–Crippen MR) is 48.1 cm³/mol. The van der Waals surface area contributed by atoms with Crippen molar-refractivity contribution >= 4 is 0 Å². The van der Waals surface area contributed by atoms with Crippen LogP contribution in [0, 0.1) is 0 Å². The fraction of sp³-hybridized carbons (Fsp3) is 0. The zero-order chi connectivity index (χ0) is 0. The molecule has 130 heteroatoms. The van der Waals surface area contributed by atoms with Crippen molar-refractivity contribution in [3.63, 3.8) is 0 Å². The normalized spacial score (nSPS) is 0. The molecule has 0 aliphatic carbocycles. The Morgan fingerprint density at radius 2 is 0.0154 bits per heavy atom. The van der Waals surface area contributed by atoms with Crippen molar-refractivity contribution in [2.75, 3.05) is 0 Å². The first kappa shape index (κ1) is 4870. The first-order chi connectivity index (χ1) is 0. The van der Waals surface area contributed by atoms with Gasteiger partial charge in [-0.3, -0.25) is 0 Å². The van der Waals surface area contributed by atoms with E-state index in [0.717, 1.165) is 0 Å². The maximum absolute atomic E-state index is 0. The minimum Gasteiger partial charge on any atom is -2.00 e. The molecule has 0 fully saturated rings. The fourth-order valence-electron chi connectivity index (χ4n) is 0. The average molecular weight is 4930 g/mol. The molecule has 0 saturated carbocycles. The summed E-state index contributed by atoms with van der Waals surface area (Å²) < 4.78 is 0. The summed E-state index contributed by atoms with van der Waals surface area (Å²) >= 11 is 0. The summed E-state index contributed by atoms with van der Waals surface area (Å²) in [6.45, 7) is 0. The van der Waals surface area contributed by atoms with Crippen LogP contribution in [-0.4, -0.2) is 0 Å². The maximum atomic E-state index is 0. The second kappa shape index (κ2) is 4780. The third-order valence-electron chi connectivity index (χ3n) is 0. The van der Waals surface area contributed by atoms with Crippen molar-refractivity contribution in [1.82, 2.24) is 0 Å². The van der Waals surface area contributed by atoms with Crippen LogP contribution in [-0.2, 0) is 1410 Å². The molecule has 0 bridgehead atoms. The molecule has 0 saturated heterocycles. The maximum Gasteiger partial charge on any atom is 2.00 e. The van der Waals surface area contributed by atoms with Gasteiger partial charge in [0.25, 0.3) is 0 Å². The van der Waals surface area contributed by atoms with Crippen molar-refractivity contribution in [2.24, 2.45) is 0 Å². The SMILES string of the molecule is [Cu+2].[Cu+2].[Cu+2].[Cu+2].[Cu+2].[Cu+2].[Cu+2].[Cu+2].[Cu+2].[Cu+2].[Cu+2].[Cu+2].[Cu+2].[Cu+2].[Cu+2].[Cu+2].[Cu+2].[Cu+2].[Cu+2].[Cu+2].[Cu+2].[Cu+2].[Cu+2].[Cu+2].[Cu+2].[Cu+2].[Cu+2].[Cu+2].[Cu+2].[Cu+2].[Cu+2].[Cu+2].[Cu+2].[Cu+2].[Cu+2].[Cu+2].[Cu+2].[Cu+2].[Cu+2].[Cu+2].[Cu+2].[Cu+2].[Cu+2].[Cu+2].[Cu+2].[Cu+2].[Cu+2].[Cu+2].[Cu+2].[Cu+2].[Cu+2].[Cu+2].[Cu+2].[Cu+2].[Cu+2].[Cu+2].[Cu+2].[Cu+2].[Cu+2].[Cu+2].[O-2].[O-2].[O-2].[O-2].[O-2].[O-2].[O-2].[O-2].[O-2].[O-2].[O-2].[O-2].[O-2].[O-2].[O-2].[O-2].[O-2].[O-2].[O-2].[O-2].[O-2].[O-2].[O-2].[O-2].[O-2].[O-2].[O-2].[O-2].[O-2].[O-2].[O-2].[O-2].[O-2].[O-2].[O-2].[O-2].[O-2].[O-2].[O-2].[O-2].[O-2].[O-2].[O-2].[O-2].[O-2].[O-2].[O-2].[O-2].[O-2].[O-2].[O-2].[O-2].[O-2].[O-2].[O-2].[O-2].[O-2].[O-2].[O-2].[O-2].[O-2].[O-2].[O-2].[O-2].[O-2].[O-2].[O-2].[O-2].[O-2].[O-2]. The summed E-state index contributed by atoms with van der Waals surface area (Å²) in [5.41, 5.74) is 0. The van der Waals surface area contributed by atoms with E-state index < -0.39 is 0 Å². The van der Waals surface area contributed by atoms with Crippen LogP contribution in [0.3, 0.4) is 0 Å². The van der Waals surface area contributed by atoms with Gasteiger partial charge in [-0.1, -0.05) is 0 Å². The summed E-state index contributed by atoms with van der Waals surface area (Å²) in [6, 6.07) is 0. The zero-order valence-electron chi connectivity index (χ0n) is 46.7. The molecule has 0 rings (SSSR count). The third kappa shape index (κ3) is 4690. The van der Waals surface area contributed by atoms with Gasteiger partial charge in [0.15, 0.2) is 0 Å². The van der Waals surface area contributed by atoms with Gasteiger partial charge in [-0.25, -0.2) is 0 Å². The molecule has 70 nitrogen and oxygen atoms in total. The largest absolute Gasteiger partial charge is 2.00 e. The molecule has 0 aromatic heterocycles. The summed E-state index contributed by atoms with van der Waals surface area (Å²) in [4.78, 5) is 0. The molecule has 0 unspecified atom stereocenters. The van der Waals surface area contributed by atoms with Crippen LogP contribution in [0.4, 0.5) is 0 Å². The van der Waals surface area contributed by atoms with Crippen molar-refractivity contribution < 1.29 is 1410 Å². The third-order valence-corrected chi connectivity index (χ3v) is 0.